The van der Waals surface area contributed by atoms with E-state index < -0.39 is 28.1 Å². The summed E-state index contributed by atoms with van der Waals surface area (Å²) in [4.78, 5) is 22.9. The fourth-order valence-electron chi connectivity index (χ4n) is 2.95. The van der Waals surface area contributed by atoms with Gasteiger partial charge in [0.2, 0.25) is 5.91 Å². The third kappa shape index (κ3) is 5.89. The van der Waals surface area contributed by atoms with Crippen LogP contribution in [0.3, 0.4) is 0 Å². The summed E-state index contributed by atoms with van der Waals surface area (Å²) in [7, 11) is -2.45. The van der Waals surface area contributed by atoms with E-state index in [0.717, 1.165) is 12.8 Å². The lowest BCUT2D eigenvalue weighted by Gasteiger charge is -2.14. The highest BCUT2D eigenvalue weighted by atomic mass is 35.5. The Morgan fingerprint density at radius 2 is 1.94 bits per heavy atom. The molecule has 0 unspecified atom stereocenters. The van der Waals surface area contributed by atoms with Gasteiger partial charge >= 0.3 is 5.97 Å². The molecule has 0 atom stereocenters. The molecule has 3 rings (SSSR count). The quantitative estimate of drug-likeness (QED) is 0.447. The van der Waals surface area contributed by atoms with Gasteiger partial charge in [0, 0.05) is 11.8 Å². The van der Waals surface area contributed by atoms with Gasteiger partial charge in [-0.05, 0) is 55.5 Å². The zero-order chi connectivity index (χ0) is 22.8. The normalized spacial score (nSPS) is 13.5. The average Bonchev–Trinajstić information content (AvgIpc) is 3.48. The number of hydrogen-bond donors (Lipinski definition) is 2. The van der Waals surface area contributed by atoms with Crippen LogP contribution in [0.4, 0.5) is 5.69 Å². The number of anilines is 1. The third-order valence-corrected chi connectivity index (χ3v) is 6.87. The maximum absolute atomic E-state index is 12.6. The van der Waals surface area contributed by atoms with E-state index >= 15 is 0 Å². The summed E-state index contributed by atoms with van der Waals surface area (Å²) < 4.78 is 35.4. The first-order valence-electron chi connectivity index (χ1n) is 9.49. The molecular formula is C21H22ClNO7S. The van der Waals surface area contributed by atoms with Gasteiger partial charge in [0.05, 0.1) is 17.9 Å². The van der Waals surface area contributed by atoms with Crippen LogP contribution < -0.4 is 10.1 Å². The molecule has 1 aliphatic rings. The first kappa shape index (κ1) is 22.9. The fraction of sp³-hybridized carbons (Fsp3) is 0.333. The molecule has 0 bridgehead atoms. The van der Waals surface area contributed by atoms with E-state index in [9.17, 15) is 23.1 Å². The summed E-state index contributed by atoms with van der Waals surface area (Å²) in [5, 5.41) is 12.8. The van der Waals surface area contributed by atoms with Crippen molar-refractivity contribution in [3.05, 3.63) is 40.9 Å². The number of nitrogens with one attached hydrogen (secondary N) is 1. The zero-order valence-electron chi connectivity index (χ0n) is 17.0. The summed E-state index contributed by atoms with van der Waals surface area (Å²) >= 11 is 6.30. The second kappa shape index (κ2) is 9.15. The molecule has 1 amide bonds. The predicted octanol–water partition coefficient (Wildman–Crippen LogP) is 3.83. The maximum Gasteiger partial charge on any atom is 0.315 e. The maximum atomic E-state index is 12.6. The van der Waals surface area contributed by atoms with Crippen LogP contribution in [0, 0.1) is 12.8 Å². The van der Waals surface area contributed by atoms with Crippen molar-refractivity contribution in [3.8, 4) is 17.2 Å². The van der Waals surface area contributed by atoms with Crippen LogP contribution >= 0.6 is 11.6 Å². The molecule has 1 saturated carbocycles. The van der Waals surface area contributed by atoms with E-state index in [2.05, 4.69) is 10.1 Å². The van der Waals surface area contributed by atoms with Crippen molar-refractivity contribution in [2.45, 2.75) is 31.1 Å². The number of aromatic hydroxyl groups is 1. The minimum Gasteiger partial charge on any atom is -0.507 e. The number of carbonyl (C=O) groups excluding carboxylic acids is 2. The van der Waals surface area contributed by atoms with Crippen molar-refractivity contribution in [1.29, 1.82) is 0 Å². The molecular weight excluding hydrogens is 446 g/mol. The van der Waals surface area contributed by atoms with Crippen molar-refractivity contribution in [1.82, 2.24) is 0 Å². The van der Waals surface area contributed by atoms with Crippen LogP contribution in [0.5, 0.6) is 17.2 Å². The summed E-state index contributed by atoms with van der Waals surface area (Å²) in [6, 6.07) is 7.02. The lowest BCUT2D eigenvalue weighted by molar-refractivity contribution is -0.142. The molecule has 0 radical (unpaired) electrons. The highest BCUT2D eigenvalue weighted by Crippen LogP contribution is 2.39. The molecule has 0 aromatic heterocycles. The number of benzene rings is 2. The second-order valence-electron chi connectivity index (χ2n) is 7.36. The number of sulfone groups is 1. The molecule has 2 aromatic rings. The molecule has 0 spiro atoms. The number of esters is 1. The molecule has 31 heavy (non-hydrogen) atoms. The van der Waals surface area contributed by atoms with E-state index in [-0.39, 0.29) is 38.8 Å². The van der Waals surface area contributed by atoms with Gasteiger partial charge in [-0.1, -0.05) is 11.6 Å². The molecule has 2 N–H and O–H groups in total. The Kier molecular flexibility index (Phi) is 6.76. The van der Waals surface area contributed by atoms with Crippen molar-refractivity contribution in [2.24, 2.45) is 5.92 Å². The molecule has 0 heterocycles. The van der Waals surface area contributed by atoms with Gasteiger partial charge in [0.25, 0.3) is 0 Å². The molecule has 1 fully saturated rings. The van der Waals surface area contributed by atoms with Gasteiger partial charge in [-0.3, -0.25) is 9.59 Å². The summed E-state index contributed by atoms with van der Waals surface area (Å²) in [5.74, 6) is -0.972. The minimum atomic E-state index is -3.64. The van der Waals surface area contributed by atoms with Crippen molar-refractivity contribution < 1.29 is 32.6 Å². The Bertz CT molecular complexity index is 1100. The number of aryl methyl sites for hydroxylation is 1. The molecule has 8 nitrogen and oxygen atoms in total. The molecule has 1 aliphatic carbocycles. The monoisotopic (exact) mass is 467 g/mol. The lowest BCUT2D eigenvalue weighted by atomic mass is 10.2. The highest BCUT2D eigenvalue weighted by molar-refractivity contribution is 7.91. The Morgan fingerprint density at radius 3 is 2.55 bits per heavy atom. The molecule has 10 heteroatoms. The van der Waals surface area contributed by atoms with Crippen molar-refractivity contribution >= 4 is 39.0 Å². The second-order valence-corrected chi connectivity index (χ2v) is 9.77. The van der Waals surface area contributed by atoms with Gasteiger partial charge < -0.3 is 19.9 Å². The Hall–Kier alpha value is -2.78. The van der Waals surface area contributed by atoms with Crippen molar-refractivity contribution in [2.75, 3.05) is 18.2 Å². The first-order valence-corrected chi connectivity index (χ1v) is 11.5. The lowest BCUT2D eigenvalue weighted by Crippen LogP contribution is -2.17. The van der Waals surface area contributed by atoms with Crippen LogP contribution in [0.1, 0.15) is 24.8 Å². The van der Waals surface area contributed by atoms with E-state index in [0.29, 0.717) is 11.3 Å². The molecule has 166 valence electrons. The number of methoxy groups -OCH3 is 1. The largest absolute Gasteiger partial charge is 0.507 e. The molecule has 0 saturated heterocycles. The SMILES string of the molecule is COC(=O)CC(=O)Nc1cc(C)c(Oc2ccc(O)c(S(=O)(=O)CC3CC3)c2)c(Cl)c1. The number of halogens is 1. The zero-order valence-corrected chi connectivity index (χ0v) is 18.5. The van der Waals surface area contributed by atoms with Crippen LogP contribution in [-0.2, 0) is 24.2 Å². The molecule has 2 aromatic carbocycles. The predicted molar refractivity (Wildman–Crippen MR) is 114 cm³/mol. The Balaban J connectivity index is 1.80. The van der Waals surface area contributed by atoms with Gasteiger partial charge in [-0.25, -0.2) is 8.42 Å². The van der Waals surface area contributed by atoms with Crippen molar-refractivity contribution in [3.63, 3.8) is 0 Å². The van der Waals surface area contributed by atoms with Crippen LogP contribution in [-0.4, -0.2) is 38.3 Å². The standard InChI is InChI=1S/C21H22ClNO7S/c1-12-7-14(23-19(25)10-20(26)29-2)8-16(22)21(12)30-15-5-6-17(24)18(9-15)31(27,28)11-13-3-4-13/h5-9,13,24H,3-4,10-11H2,1-2H3,(H,23,25). The van der Waals surface area contributed by atoms with Crippen LogP contribution in [0.2, 0.25) is 5.02 Å². The number of phenolic OH excluding ortho intramolecular Hbond substituents is 1. The van der Waals surface area contributed by atoms with Crippen LogP contribution in [0.25, 0.3) is 0 Å². The number of carbonyl (C=O) groups is 2. The number of hydrogen-bond acceptors (Lipinski definition) is 7. The van der Waals surface area contributed by atoms with Gasteiger partial charge in [0.1, 0.15) is 28.6 Å². The number of amides is 1. The Labute approximate surface area is 185 Å². The van der Waals surface area contributed by atoms with Gasteiger partial charge in [0.15, 0.2) is 9.84 Å². The van der Waals surface area contributed by atoms with Gasteiger partial charge in [-0.15, -0.1) is 0 Å². The third-order valence-electron chi connectivity index (χ3n) is 4.68. The average molecular weight is 468 g/mol. The summed E-state index contributed by atoms with van der Waals surface area (Å²) in [6.45, 7) is 1.70. The topological polar surface area (TPSA) is 119 Å². The van der Waals surface area contributed by atoms with Gasteiger partial charge in [-0.2, -0.15) is 0 Å². The van der Waals surface area contributed by atoms with E-state index in [1.807, 2.05) is 0 Å². The first-order chi connectivity index (χ1) is 14.6. The number of rotatable bonds is 8. The minimum absolute atomic E-state index is 0.0102. The fourth-order valence-corrected chi connectivity index (χ4v) is 5.07. The van der Waals surface area contributed by atoms with E-state index in [1.165, 1.54) is 31.4 Å². The van der Waals surface area contributed by atoms with E-state index in [4.69, 9.17) is 16.3 Å². The summed E-state index contributed by atoms with van der Waals surface area (Å²) in [6.07, 6.45) is 1.30. The smallest absolute Gasteiger partial charge is 0.315 e. The Morgan fingerprint density at radius 1 is 1.23 bits per heavy atom. The number of phenols is 1. The summed E-state index contributed by atoms with van der Waals surface area (Å²) in [5.41, 5.74) is 0.929. The molecule has 0 aliphatic heterocycles. The number of ether oxygens (including phenoxy) is 2. The highest BCUT2D eigenvalue weighted by Gasteiger charge is 2.31. The van der Waals surface area contributed by atoms with Crippen LogP contribution in [0.15, 0.2) is 35.2 Å². The van der Waals surface area contributed by atoms with E-state index in [1.54, 1.807) is 13.0 Å².